The quantitative estimate of drug-likeness (QED) is 0.758. The SMILES string of the molecule is COc1ccc(C2=CCS(=O)(=O)CC2)cc1I. The normalized spacial score (nSPS) is 18.6. The van der Waals surface area contributed by atoms with Crippen molar-refractivity contribution < 1.29 is 13.2 Å². The maximum Gasteiger partial charge on any atom is 0.154 e. The van der Waals surface area contributed by atoms with Crippen LogP contribution in [0.2, 0.25) is 0 Å². The average molecular weight is 364 g/mol. The Morgan fingerprint density at radius 3 is 2.65 bits per heavy atom. The van der Waals surface area contributed by atoms with E-state index in [-0.39, 0.29) is 11.5 Å². The van der Waals surface area contributed by atoms with Crippen molar-refractivity contribution in [3.63, 3.8) is 0 Å². The van der Waals surface area contributed by atoms with Gasteiger partial charge in [-0.05, 0) is 52.3 Å². The van der Waals surface area contributed by atoms with Gasteiger partial charge >= 0.3 is 0 Å². The number of sulfone groups is 1. The van der Waals surface area contributed by atoms with Gasteiger partial charge in [0, 0.05) is 0 Å². The molecule has 0 saturated heterocycles. The molecule has 0 aromatic heterocycles. The minimum Gasteiger partial charge on any atom is -0.496 e. The van der Waals surface area contributed by atoms with Crippen molar-refractivity contribution in [2.75, 3.05) is 18.6 Å². The van der Waals surface area contributed by atoms with Gasteiger partial charge in [0.25, 0.3) is 0 Å². The Kier molecular flexibility index (Phi) is 3.77. The molecule has 5 heteroatoms. The molecule has 2 rings (SSSR count). The summed E-state index contributed by atoms with van der Waals surface area (Å²) < 4.78 is 28.9. The van der Waals surface area contributed by atoms with E-state index in [4.69, 9.17) is 4.74 Å². The standard InChI is InChI=1S/C12H13IO3S/c1-16-12-3-2-10(8-11(12)13)9-4-6-17(14,15)7-5-9/h2-4,8H,5-7H2,1H3. The van der Waals surface area contributed by atoms with Crippen molar-refractivity contribution in [3.05, 3.63) is 33.4 Å². The minimum atomic E-state index is -2.85. The summed E-state index contributed by atoms with van der Waals surface area (Å²) in [6.45, 7) is 0. The molecule has 1 heterocycles. The first-order chi connectivity index (χ1) is 8.02. The fourth-order valence-electron chi connectivity index (χ4n) is 1.81. The summed E-state index contributed by atoms with van der Waals surface area (Å²) in [5.41, 5.74) is 2.20. The second kappa shape index (κ2) is 4.97. The minimum absolute atomic E-state index is 0.158. The monoisotopic (exact) mass is 364 g/mol. The Labute approximate surface area is 115 Å². The second-order valence-corrected chi connectivity index (χ2v) is 7.33. The Bertz CT molecular complexity index is 561. The molecule has 1 aromatic carbocycles. The molecule has 92 valence electrons. The molecule has 0 amide bonds. The Morgan fingerprint density at radius 2 is 2.12 bits per heavy atom. The summed E-state index contributed by atoms with van der Waals surface area (Å²) in [4.78, 5) is 0. The molecule has 1 aromatic rings. The molecular formula is C12H13IO3S. The molecule has 0 bridgehead atoms. The first-order valence-electron chi connectivity index (χ1n) is 5.25. The van der Waals surface area contributed by atoms with Crippen LogP contribution in [0.1, 0.15) is 12.0 Å². The molecule has 0 saturated carbocycles. The lowest BCUT2D eigenvalue weighted by Gasteiger charge is -2.14. The lowest BCUT2D eigenvalue weighted by atomic mass is 10.0. The first-order valence-corrected chi connectivity index (χ1v) is 8.15. The topological polar surface area (TPSA) is 43.4 Å². The van der Waals surface area contributed by atoms with Crippen LogP contribution in [0.4, 0.5) is 0 Å². The highest BCUT2D eigenvalue weighted by Crippen LogP contribution is 2.28. The summed E-state index contributed by atoms with van der Waals surface area (Å²) in [7, 11) is -1.21. The third-order valence-corrected chi connectivity index (χ3v) is 5.13. The van der Waals surface area contributed by atoms with Crippen LogP contribution in [-0.2, 0) is 9.84 Å². The van der Waals surface area contributed by atoms with Crippen molar-refractivity contribution in [1.29, 1.82) is 0 Å². The number of halogens is 1. The maximum atomic E-state index is 11.3. The van der Waals surface area contributed by atoms with Gasteiger partial charge in [-0.15, -0.1) is 0 Å². The Hall–Kier alpha value is -0.560. The third kappa shape index (κ3) is 3.01. The van der Waals surface area contributed by atoms with E-state index < -0.39 is 9.84 Å². The van der Waals surface area contributed by atoms with Gasteiger partial charge in [0.15, 0.2) is 9.84 Å². The number of ether oxygens (including phenoxy) is 1. The highest BCUT2D eigenvalue weighted by atomic mass is 127. The van der Waals surface area contributed by atoms with Gasteiger partial charge in [0.05, 0.1) is 22.2 Å². The van der Waals surface area contributed by atoms with Crippen molar-refractivity contribution in [2.45, 2.75) is 6.42 Å². The van der Waals surface area contributed by atoms with Gasteiger partial charge < -0.3 is 4.74 Å². The number of methoxy groups -OCH3 is 1. The van der Waals surface area contributed by atoms with Crippen molar-refractivity contribution >= 4 is 38.0 Å². The number of benzene rings is 1. The van der Waals surface area contributed by atoms with Crippen LogP contribution >= 0.6 is 22.6 Å². The van der Waals surface area contributed by atoms with Crippen molar-refractivity contribution in [3.8, 4) is 5.75 Å². The van der Waals surface area contributed by atoms with E-state index in [1.807, 2.05) is 24.3 Å². The molecule has 0 unspecified atom stereocenters. The Morgan fingerprint density at radius 1 is 1.35 bits per heavy atom. The highest BCUT2D eigenvalue weighted by Gasteiger charge is 2.17. The average Bonchev–Trinajstić information content (AvgIpc) is 2.29. The number of allylic oxidation sites excluding steroid dienone is 1. The van der Waals surface area contributed by atoms with Crippen LogP contribution in [0.25, 0.3) is 5.57 Å². The number of hydrogen-bond acceptors (Lipinski definition) is 3. The van der Waals surface area contributed by atoms with E-state index in [1.54, 1.807) is 7.11 Å². The molecule has 1 aliphatic rings. The van der Waals surface area contributed by atoms with Crippen molar-refractivity contribution in [2.24, 2.45) is 0 Å². The molecule has 0 fully saturated rings. The van der Waals surface area contributed by atoms with Gasteiger partial charge in [-0.25, -0.2) is 8.42 Å². The fourth-order valence-corrected chi connectivity index (χ4v) is 3.69. The predicted molar refractivity (Wildman–Crippen MR) is 77.0 cm³/mol. The van der Waals surface area contributed by atoms with Crippen LogP contribution < -0.4 is 4.74 Å². The first kappa shape index (κ1) is 12.9. The van der Waals surface area contributed by atoms with Gasteiger partial charge in [-0.1, -0.05) is 12.1 Å². The molecule has 0 N–H and O–H groups in total. The summed E-state index contributed by atoms with van der Waals surface area (Å²) in [6, 6.07) is 5.93. The van der Waals surface area contributed by atoms with E-state index in [9.17, 15) is 8.42 Å². The van der Waals surface area contributed by atoms with Gasteiger partial charge in [-0.3, -0.25) is 0 Å². The molecular weight excluding hydrogens is 351 g/mol. The van der Waals surface area contributed by atoms with E-state index in [0.29, 0.717) is 6.42 Å². The molecule has 0 spiro atoms. The molecule has 3 nitrogen and oxygen atoms in total. The summed E-state index contributed by atoms with van der Waals surface area (Å²) in [6.07, 6.45) is 2.42. The summed E-state index contributed by atoms with van der Waals surface area (Å²) in [5.74, 6) is 1.25. The largest absolute Gasteiger partial charge is 0.496 e. The van der Waals surface area contributed by atoms with E-state index in [0.717, 1.165) is 20.5 Å². The lowest BCUT2D eigenvalue weighted by Crippen LogP contribution is -2.14. The highest BCUT2D eigenvalue weighted by molar-refractivity contribution is 14.1. The van der Waals surface area contributed by atoms with E-state index >= 15 is 0 Å². The predicted octanol–water partition coefficient (Wildman–Crippen LogP) is 2.50. The molecule has 17 heavy (non-hydrogen) atoms. The molecule has 0 aliphatic carbocycles. The van der Waals surface area contributed by atoms with Gasteiger partial charge in [0.1, 0.15) is 5.75 Å². The number of rotatable bonds is 2. The Balaban J connectivity index is 2.30. The van der Waals surface area contributed by atoms with Gasteiger partial charge in [-0.2, -0.15) is 0 Å². The third-order valence-electron chi connectivity index (χ3n) is 2.79. The molecule has 0 atom stereocenters. The fraction of sp³-hybridized carbons (Fsp3) is 0.333. The molecule has 0 radical (unpaired) electrons. The summed E-state index contributed by atoms with van der Waals surface area (Å²) >= 11 is 2.22. The molecule has 1 aliphatic heterocycles. The smallest absolute Gasteiger partial charge is 0.154 e. The van der Waals surface area contributed by atoms with Crippen LogP contribution in [0.3, 0.4) is 0 Å². The maximum absolute atomic E-state index is 11.3. The van der Waals surface area contributed by atoms with Crippen LogP contribution in [0.15, 0.2) is 24.3 Å². The van der Waals surface area contributed by atoms with Gasteiger partial charge in [0.2, 0.25) is 0 Å². The zero-order chi connectivity index (χ0) is 12.5. The van der Waals surface area contributed by atoms with Crippen LogP contribution in [0.5, 0.6) is 5.75 Å². The summed E-state index contributed by atoms with van der Waals surface area (Å²) in [5, 5.41) is 0. The lowest BCUT2D eigenvalue weighted by molar-refractivity contribution is 0.412. The number of hydrogen-bond donors (Lipinski definition) is 0. The van der Waals surface area contributed by atoms with Crippen LogP contribution in [-0.4, -0.2) is 27.0 Å². The van der Waals surface area contributed by atoms with Crippen LogP contribution in [0, 0.1) is 3.57 Å². The van der Waals surface area contributed by atoms with Crippen molar-refractivity contribution in [1.82, 2.24) is 0 Å². The van der Waals surface area contributed by atoms with E-state index in [2.05, 4.69) is 22.6 Å². The zero-order valence-corrected chi connectivity index (χ0v) is 12.4. The van der Waals surface area contributed by atoms with E-state index in [1.165, 1.54) is 0 Å². The zero-order valence-electron chi connectivity index (χ0n) is 9.44. The second-order valence-electron chi connectivity index (χ2n) is 3.94.